The standard InChI is InChI=1S/C23H20F6N6O3S/c1-11-9-15(21(7-8-21)23(27,28)29)32-34-19(11)38-20-16(12(2)17(33-35-20)22(24,25)26)18(36)31-13-5-4-6-14(10-13)39(3,30)37/h4-6,9-10,30H,7-8H2,1-3H3,(H,31,36). The number of carbonyl (C=O) groups is 1. The second-order valence-corrected chi connectivity index (χ2v) is 11.2. The number of carbonyl (C=O) groups excluding carboxylic acids is 1. The van der Waals surface area contributed by atoms with Gasteiger partial charge in [0.05, 0.1) is 15.4 Å². The maximum Gasteiger partial charge on any atom is 0.435 e. The molecule has 4 rings (SSSR count). The van der Waals surface area contributed by atoms with E-state index in [4.69, 9.17) is 9.52 Å². The summed E-state index contributed by atoms with van der Waals surface area (Å²) in [6, 6.07) is 6.49. The summed E-state index contributed by atoms with van der Waals surface area (Å²) >= 11 is 0. The smallest absolute Gasteiger partial charge is 0.416 e. The number of aryl methyl sites for hydroxylation is 1. The number of alkyl halides is 6. The van der Waals surface area contributed by atoms with Gasteiger partial charge in [-0.3, -0.25) is 4.79 Å². The normalized spacial score (nSPS) is 16.3. The molecule has 2 aromatic heterocycles. The van der Waals surface area contributed by atoms with Crippen molar-refractivity contribution in [3.8, 4) is 11.8 Å². The molecule has 0 radical (unpaired) electrons. The van der Waals surface area contributed by atoms with E-state index in [0.29, 0.717) is 0 Å². The van der Waals surface area contributed by atoms with Gasteiger partial charge in [0.2, 0.25) is 5.88 Å². The van der Waals surface area contributed by atoms with Crippen molar-refractivity contribution in [1.29, 1.82) is 4.78 Å². The van der Waals surface area contributed by atoms with Gasteiger partial charge in [-0.25, -0.2) is 8.99 Å². The highest BCUT2D eigenvalue weighted by atomic mass is 32.2. The van der Waals surface area contributed by atoms with Crippen molar-refractivity contribution in [2.24, 2.45) is 0 Å². The predicted octanol–water partition coefficient (Wildman–Crippen LogP) is 5.58. The minimum absolute atomic E-state index is 0.0252. The van der Waals surface area contributed by atoms with Crippen LogP contribution in [0.2, 0.25) is 0 Å². The number of hydrogen-bond donors (Lipinski definition) is 2. The Morgan fingerprint density at radius 3 is 2.21 bits per heavy atom. The SMILES string of the molecule is Cc1cc(C2(C(F)(F)F)CC2)nnc1Oc1nnc(C(F)(F)F)c(C)c1C(=O)Nc1cccc(S(C)(=N)=O)c1. The quantitative estimate of drug-likeness (QED) is 0.368. The Morgan fingerprint density at radius 2 is 1.67 bits per heavy atom. The molecule has 9 nitrogen and oxygen atoms in total. The maximum atomic E-state index is 13.5. The summed E-state index contributed by atoms with van der Waals surface area (Å²) in [5.74, 6) is -2.19. The van der Waals surface area contributed by atoms with Crippen LogP contribution in [0.15, 0.2) is 35.2 Å². The van der Waals surface area contributed by atoms with Crippen LogP contribution in [-0.2, 0) is 21.3 Å². The Kier molecular flexibility index (Phi) is 6.82. The van der Waals surface area contributed by atoms with E-state index in [0.717, 1.165) is 19.2 Å². The summed E-state index contributed by atoms with van der Waals surface area (Å²) in [6.45, 7) is 2.33. The first kappa shape index (κ1) is 28.2. The van der Waals surface area contributed by atoms with Gasteiger partial charge in [-0.05, 0) is 56.5 Å². The van der Waals surface area contributed by atoms with Crippen molar-refractivity contribution < 1.29 is 40.1 Å². The molecule has 0 aliphatic heterocycles. The first-order valence-corrected chi connectivity index (χ1v) is 13.1. The van der Waals surface area contributed by atoms with Gasteiger partial charge in [0, 0.05) is 22.4 Å². The molecule has 1 saturated carbocycles. The zero-order valence-corrected chi connectivity index (χ0v) is 21.3. The summed E-state index contributed by atoms with van der Waals surface area (Å²) in [5, 5.41) is 16.2. The van der Waals surface area contributed by atoms with Crippen LogP contribution in [0.1, 0.15) is 45.7 Å². The number of amides is 1. The molecular weight excluding hydrogens is 554 g/mol. The second-order valence-electron chi connectivity index (χ2n) is 9.08. The summed E-state index contributed by atoms with van der Waals surface area (Å²) < 4.78 is 106. The van der Waals surface area contributed by atoms with E-state index in [1.54, 1.807) is 0 Å². The third kappa shape index (κ3) is 5.51. The molecule has 2 heterocycles. The molecule has 3 aromatic rings. The number of nitrogens with zero attached hydrogens (tertiary/aromatic N) is 4. The third-order valence-electron chi connectivity index (χ3n) is 6.14. The molecule has 0 saturated heterocycles. The number of benzene rings is 1. The van der Waals surface area contributed by atoms with Crippen LogP contribution >= 0.6 is 0 Å². The van der Waals surface area contributed by atoms with Crippen molar-refractivity contribution in [3.63, 3.8) is 0 Å². The highest BCUT2D eigenvalue weighted by Crippen LogP contribution is 2.58. The van der Waals surface area contributed by atoms with Crippen molar-refractivity contribution in [1.82, 2.24) is 20.4 Å². The van der Waals surface area contributed by atoms with Gasteiger partial charge in [-0.1, -0.05) is 6.07 Å². The Hall–Kier alpha value is -3.82. The number of hydrogen-bond acceptors (Lipinski definition) is 8. The molecule has 0 bridgehead atoms. The first-order chi connectivity index (χ1) is 17.9. The molecule has 1 aromatic carbocycles. The van der Waals surface area contributed by atoms with Crippen molar-refractivity contribution >= 4 is 21.3 Å². The van der Waals surface area contributed by atoms with Crippen LogP contribution in [0.5, 0.6) is 11.8 Å². The molecule has 16 heteroatoms. The molecule has 2 N–H and O–H groups in total. The van der Waals surface area contributed by atoms with Crippen LogP contribution in [0.4, 0.5) is 32.0 Å². The highest BCUT2D eigenvalue weighted by molar-refractivity contribution is 7.91. The number of rotatable bonds is 6. The van der Waals surface area contributed by atoms with E-state index in [-0.39, 0.29) is 40.6 Å². The molecule has 1 fully saturated rings. The molecular formula is C23H20F6N6O3S. The molecule has 39 heavy (non-hydrogen) atoms. The lowest BCUT2D eigenvalue weighted by Gasteiger charge is -2.19. The number of nitrogens with one attached hydrogen (secondary N) is 2. The lowest BCUT2D eigenvalue weighted by atomic mass is 10.0. The summed E-state index contributed by atoms with van der Waals surface area (Å²) in [6.07, 6.45) is -8.68. The van der Waals surface area contributed by atoms with Crippen LogP contribution in [0.25, 0.3) is 0 Å². The molecule has 1 amide bonds. The van der Waals surface area contributed by atoms with Gasteiger partial charge in [-0.15, -0.1) is 15.3 Å². The summed E-state index contributed by atoms with van der Waals surface area (Å²) in [4.78, 5) is 13.2. The van der Waals surface area contributed by atoms with Gasteiger partial charge in [0.1, 0.15) is 11.0 Å². The number of halogens is 6. The molecule has 1 unspecified atom stereocenters. The van der Waals surface area contributed by atoms with E-state index in [1.165, 1.54) is 31.2 Å². The summed E-state index contributed by atoms with van der Waals surface area (Å²) in [7, 11) is -3.17. The molecule has 1 aliphatic rings. The third-order valence-corrected chi connectivity index (χ3v) is 7.29. The van der Waals surface area contributed by atoms with Crippen molar-refractivity contribution in [2.75, 3.05) is 11.6 Å². The molecule has 1 aliphatic carbocycles. The highest BCUT2D eigenvalue weighted by Gasteiger charge is 2.65. The zero-order valence-electron chi connectivity index (χ0n) is 20.5. The Labute approximate surface area is 218 Å². The number of ether oxygens (including phenoxy) is 1. The Bertz CT molecular complexity index is 1570. The molecule has 0 spiro atoms. The van der Waals surface area contributed by atoms with Crippen LogP contribution in [0, 0.1) is 18.6 Å². The van der Waals surface area contributed by atoms with E-state index in [2.05, 4.69) is 25.7 Å². The average molecular weight is 575 g/mol. The van der Waals surface area contributed by atoms with E-state index < -0.39 is 56.1 Å². The van der Waals surface area contributed by atoms with E-state index in [1.807, 2.05) is 0 Å². The monoisotopic (exact) mass is 574 g/mol. The fraction of sp³-hybridized carbons (Fsp3) is 0.348. The van der Waals surface area contributed by atoms with E-state index >= 15 is 0 Å². The lowest BCUT2D eigenvalue weighted by Crippen LogP contribution is -2.30. The lowest BCUT2D eigenvalue weighted by molar-refractivity contribution is -0.161. The van der Waals surface area contributed by atoms with Gasteiger partial charge in [0.25, 0.3) is 11.8 Å². The van der Waals surface area contributed by atoms with Crippen LogP contribution in [-0.4, -0.2) is 42.9 Å². The zero-order chi connectivity index (χ0) is 29.0. The van der Waals surface area contributed by atoms with E-state index in [9.17, 15) is 35.3 Å². The van der Waals surface area contributed by atoms with Gasteiger partial charge in [0.15, 0.2) is 5.69 Å². The van der Waals surface area contributed by atoms with Gasteiger partial charge in [-0.2, -0.15) is 31.4 Å². The van der Waals surface area contributed by atoms with Crippen LogP contribution < -0.4 is 10.1 Å². The minimum atomic E-state index is -4.98. The fourth-order valence-corrected chi connectivity index (χ4v) is 4.52. The van der Waals surface area contributed by atoms with Crippen molar-refractivity contribution in [3.05, 3.63) is 58.4 Å². The fourth-order valence-electron chi connectivity index (χ4n) is 3.83. The predicted molar refractivity (Wildman–Crippen MR) is 125 cm³/mol. The Balaban J connectivity index is 1.73. The maximum absolute atomic E-state index is 13.5. The minimum Gasteiger partial charge on any atom is -0.416 e. The van der Waals surface area contributed by atoms with Gasteiger partial charge >= 0.3 is 12.4 Å². The van der Waals surface area contributed by atoms with Gasteiger partial charge < -0.3 is 10.1 Å². The summed E-state index contributed by atoms with van der Waals surface area (Å²) in [5.41, 5.74) is -5.12. The molecule has 208 valence electrons. The number of aromatic nitrogens is 4. The molecule has 1 atom stereocenters. The van der Waals surface area contributed by atoms with Crippen molar-refractivity contribution in [2.45, 2.75) is 49.4 Å². The van der Waals surface area contributed by atoms with Crippen LogP contribution in [0.3, 0.4) is 0 Å². The Morgan fingerprint density at radius 1 is 1.03 bits per heavy atom. The second kappa shape index (κ2) is 9.43. The topological polar surface area (TPSA) is 131 Å². The first-order valence-electron chi connectivity index (χ1n) is 11.1. The average Bonchev–Trinajstić information content (AvgIpc) is 3.61. The number of anilines is 1. The largest absolute Gasteiger partial charge is 0.435 e.